The molecule has 1 aliphatic heterocycles. The third kappa shape index (κ3) is 6.38. The average Bonchev–Trinajstić information content (AvgIpc) is 2.88. The molecule has 1 atom stereocenters. The molecule has 1 aliphatic rings. The highest BCUT2D eigenvalue weighted by Gasteiger charge is 2.18. The molecule has 3 aromatic rings. The summed E-state index contributed by atoms with van der Waals surface area (Å²) in [5, 5.41) is 11.0. The van der Waals surface area contributed by atoms with Crippen LogP contribution in [0.2, 0.25) is 0 Å². The third-order valence-electron chi connectivity index (χ3n) is 6.60. The van der Waals surface area contributed by atoms with Crippen LogP contribution in [0.25, 0.3) is 11.1 Å². The molecule has 1 N–H and O–H groups in total. The quantitative estimate of drug-likeness (QED) is 0.366. The highest BCUT2D eigenvalue weighted by molar-refractivity contribution is 5.73. The molecule has 1 saturated heterocycles. The first-order valence-electron chi connectivity index (χ1n) is 12.8. The van der Waals surface area contributed by atoms with Crippen LogP contribution >= 0.6 is 0 Å². The van der Waals surface area contributed by atoms with E-state index in [4.69, 9.17) is 14.5 Å². The van der Waals surface area contributed by atoms with Gasteiger partial charge in [0.05, 0.1) is 11.8 Å². The lowest BCUT2D eigenvalue weighted by atomic mass is 9.97. The maximum absolute atomic E-state index is 11.0. The van der Waals surface area contributed by atoms with Gasteiger partial charge in [-0.2, -0.15) is 0 Å². The molecular weight excluding hydrogens is 422 g/mol. The van der Waals surface area contributed by atoms with Gasteiger partial charge in [0.2, 0.25) is 5.88 Å². The Morgan fingerprint density at radius 1 is 0.912 bits per heavy atom. The van der Waals surface area contributed by atoms with E-state index in [1.807, 2.05) is 0 Å². The molecular formula is C30H37NO3. The highest BCUT2D eigenvalue weighted by atomic mass is 16.5. The largest absolute Gasteiger partial charge is 0.507 e. The molecule has 180 valence electrons. The first-order chi connectivity index (χ1) is 16.7. The van der Waals surface area contributed by atoms with Crippen LogP contribution < -0.4 is 4.74 Å². The van der Waals surface area contributed by atoms with E-state index in [0.717, 1.165) is 68.4 Å². The van der Waals surface area contributed by atoms with Gasteiger partial charge < -0.3 is 14.6 Å². The van der Waals surface area contributed by atoms with Gasteiger partial charge in [-0.15, -0.1) is 0 Å². The summed E-state index contributed by atoms with van der Waals surface area (Å²) in [4.78, 5) is 4.86. The summed E-state index contributed by atoms with van der Waals surface area (Å²) in [7, 11) is 0. The van der Waals surface area contributed by atoms with Crippen LogP contribution in [0.4, 0.5) is 0 Å². The lowest BCUT2D eigenvalue weighted by molar-refractivity contribution is -0.0120. The smallest absolute Gasteiger partial charge is 0.217 e. The summed E-state index contributed by atoms with van der Waals surface area (Å²) in [6, 6.07) is 18.9. The molecule has 4 nitrogen and oxygen atoms in total. The van der Waals surface area contributed by atoms with E-state index in [-0.39, 0.29) is 11.9 Å². The van der Waals surface area contributed by atoms with Crippen LogP contribution in [-0.4, -0.2) is 29.4 Å². The van der Waals surface area contributed by atoms with Gasteiger partial charge in [0.25, 0.3) is 0 Å². The molecule has 4 heteroatoms. The number of pyridine rings is 1. The molecule has 0 spiro atoms. The monoisotopic (exact) mass is 459 g/mol. The summed E-state index contributed by atoms with van der Waals surface area (Å²) in [6.07, 6.45) is 8.22. The number of nitrogens with zero attached hydrogens (tertiary/aromatic N) is 1. The van der Waals surface area contributed by atoms with Gasteiger partial charge in [-0.25, -0.2) is 4.98 Å². The second-order valence-electron chi connectivity index (χ2n) is 9.22. The molecule has 0 radical (unpaired) electrons. The van der Waals surface area contributed by atoms with Crippen molar-refractivity contribution in [3.8, 4) is 22.8 Å². The standard InChI is InChI=1S/C30H37NO3/c1-3-7-23-9-11-24(12-10-23)15-18-27-30(25-16-13-22(4-2)14-17-25)28(32)20-29(31-27)34-21-26-8-5-6-19-33-26/h9-14,16-17,20,26H,3-8,15,18-19,21H2,1-2H3,(H,31,32). The van der Waals surface area contributed by atoms with Crippen LogP contribution in [0, 0.1) is 0 Å². The van der Waals surface area contributed by atoms with Gasteiger partial charge in [-0.05, 0) is 67.2 Å². The fourth-order valence-electron chi connectivity index (χ4n) is 4.58. The van der Waals surface area contributed by atoms with Crippen LogP contribution in [0.15, 0.2) is 54.6 Å². The molecule has 2 aromatic carbocycles. The van der Waals surface area contributed by atoms with E-state index >= 15 is 0 Å². The Kier molecular flexibility index (Phi) is 8.59. The number of ether oxygens (including phenoxy) is 2. The Morgan fingerprint density at radius 2 is 1.62 bits per heavy atom. The normalized spacial score (nSPS) is 15.9. The van der Waals surface area contributed by atoms with E-state index in [1.54, 1.807) is 6.07 Å². The van der Waals surface area contributed by atoms with Crippen molar-refractivity contribution in [2.75, 3.05) is 13.2 Å². The molecule has 0 bridgehead atoms. The summed E-state index contributed by atoms with van der Waals surface area (Å²) < 4.78 is 11.8. The SMILES string of the molecule is CCCc1ccc(CCc2nc(OCC3CCCCO3)cc(O)c2-c2ccc(CC)cc2)cc1. The zero-order valence-corrected chi connectivity index (χ0v) is 20.6. The topological polar surface area (TPSA) is 51.6 Å². The molecule has 1 unspecified atom stereocenters. The minimum absolute atomic E-state index is 0.101. The Balaban J connectivity index is 1.57. The third-order valence-corrected chi connectivity index (χ3v) is 6.60. The maximum Gasteiger partial charge on any atom is 0.217 e. The Morgan fingerprint density at radius 3 is 2.26 bits per heavy atom. The van der Waals surface area contributed by atoms with Crippen LogP contribution in [-0.2, 0) is 30.4 Å². The molecule has 2 heterocycles. The average molecular weight is 460 g/mol. The van der Waals surface area contributed by atoms with Crippen molar-refractivity contribution in [1.82, 2.24) is 4.98 Å². The molecule has 0 aliphatic carbocycles. The Bertz CT molecular complexity index is 1040. The number of aromatic hydroxyl groups is 1. The second kappa shape index (κ2) is 12.0. The van der Waals surface area contributed by atoms with E-state index in [1.165, 1.54) is 23.1 Å². The summed E-state index contributed by atoms with van der Waals surface area (Å²) in [5.41, 5.74) is 6.57. The minimum atomic E-state index is 0.101. The van der Waals surface area contributed by atoms with Gasteiger partial charge in [-0.1, -0.05) is 68.8 Å². The number of benzene rings is 2. The second-order valence-corrected chi connectivity index (χ2v) is 9.22. The molecule has 1 fully saturated rings. The molecule has 0 amide bonds. The maximum atomic E-state index is 11.0. The van der Waals surface area contributed by atoms with E-state index in [2.05, 4.69) is 62.4 Å². The summed E-state index contributed by atoms with van der Waals surface area (Å²) >= 11 is 0. The van der Waals surface area contributed by atoms with Crippen LogP contribution in [0.5, 0.6) is 11.6 Å². The Hall–Kier alpha value is -2.85. The van der Waals surface area contributed by atoms with Gasteiger partial charge in [0.1, 0.15) is 12.4 Å². The first kappa shape index (κ1) is 24.3. The Labute approximate surface area is 204 Å². The fourth-order valence-corrected chi connectivity index (χ4v) is 4.58. The van der Waals surface area contributed by atoms with Crippen molar-refractivity contribution < 1.29 is 14.6 Å². The van der Waals surface area contributed by atoms with E-state index in [9.17, 15) is 5.11 Å². The highest BCUT2D eigenvalue weighted by Crippen LogP contribution is 2.35. The van der Waals surface area contributed by atoms with Gasteiger partial charge in [0.15, 0.2) is 0 Å². The lowest BCUT2D eigenvalue weighted by Gasteiger charge is -2.22. The number of hydrogen-bond acceptors (Lipinski definition) is 4. The van der Waals surface area contributed by atoms with E-state index in [0.29, 0.717) is 12.5 Å². The van der Waals surface area contributed by atoms with Crippen molar-refractivity contribution in [3.63, 3.8) is 0 Å². The van der Waals surface area contributed by atoms with E-state index < -0.39 is 0 Å². The fraction of sp³-hybridized carbons (Fsp3) is 0.433. The molecule has 0 saturated carbocycles. The van der Waals surface area contributed by atoms with Crippen molar-refractivity contribution >= 4 is 0 Å². The number of rotatable bonds is 10. The first-order valence-corrected chi connectivity index (χ1v) is 12.8. The van der Waals surface area contributed by atoms with Gasteiger partial charge >= 0.3 is 0 Å². The number of hydrogen-bond donors (Lipinski definition) is 1. The molecule has 4 rings (SSSR count). The lowest BCUT2D eigenvalue weighted by Crippen LogP contribution is -2.26. The minimum Gasteiger partial charge on any atom is -0.507 e. The van der Waals surface area contributed by atoms with Crippen LogP contribution in [0.3, 0.4) is 0 Å². The zero-order chi connectivity index (χ0) is 23.8. The number of aryl methyl sites for hydroxylation is 4. The molecule has 34 heavy (non-hydrogen) atoms. The van der Waals surface area contributed by atoms with Crippen molar-refractivity contribution in [3.05, 3.63) is 77.0 Å². The van der Waals surface area contributed by atoms with Crippen molar-refractivity contribution in [2.24, 2.45) is 0 Å². The van der Waals surface area contributed by atoms with Gasteiger partial charge in [0, 0.05) is 18.2 Å². The summed E-state index contributed by atoms with van der Waals surface area (Å²) in [6.45, 7) is 5.61. The van der Waals surface area contributed by atoms with Crippen LogP contribution in [0.1, 0.15) is 61.9 Å². The van der Waals surface area contributed by atoms with Crippen molar-refractivity contribution in [1.29, 1.82) is 0 Å². The predicted octanol–water partition coefficient (Wildman–Crippen LogP) is 6.70. The number of aromatic nitrogens is 1. The zero-order valence-electron chi connectivity index (χ0n) is 20.6. The van der Waals surface area contributed by atoms with Crippen molar-refractivity contribution in [2.45, 2.75) is 71.3 Å². The van der Waals surface area contributed by atoms with Gasteiger partial charge in [-0.3, -0.25) is 0 Å². The predicted molar refractivity (Wildman–Crippen MR) is 138 cm³/mol. The molecule has 1 aromatic heterocycles. The summed E-state index contributed by atoms with van der Waals surface area (Å²) in [5.74, 6) is 0.681.